The van der Waals surface area contributed by atoms with Crippen molar-refractivity contribution in [3.05, 3.63) is 33.3 Å². The fourth-order valence-corrected chi connectivity index (χ4v) is 1.62. The highest BCUT2D eigenvalue weighted by Gasteiger charge is 2.17. The van der Waals surface area contributed by atoms with Crippen molar-refractivity contribution in [2.24, 2.45) is 0 Å². The van der Waals surface area contributed by atoms with Gasteiger partial charge in [-0.15, -0.1) is 0 Å². The van der Waals surface area contributed by atoms with Crippen molar-refractivity contribution in [3.8, 4) is 0 Å². The zero-order valence-corrected chi connectivity index (χ0v) is 7.71. The second kappa shape index (κ2) is 3.82. The molecule has 1 aromatic rings. The molecule has 13 heavy (non-hydrogen) atoms. The summed E-state index contributed by atoms with van der Waals surface area (Å²) < 4.78 is 19.3. The van der Waals surface area contributed by atoms with Crippen molar-refractivity contribution < 1.29 is 13.7 Å². The normalized spacial score (nSPS) is 12.5. The molecule has 1 atom stereocenters. The van der Waals surface area contributed by atoms with Crippen molar-refractivity contribution in [1.82, 2.24) is 0 Å². The zero-order valence-electron chi connectivity index (χ0n) is 6.14. The van der Waals surface area contributed by atoms with Crippen LogP contribution in [0.2, 0.25) is 5.02 Å². The maximum Gasteiger partial charge on any atom is 0.289 e. The van der Waals surface area contributed by atoms with Crippen LogP contribution in [0.4, 0.5) is 5.69 Å². The number of nitro groups is 1. The summed E-state index contributed by atoms with van der Waals surface area (Å²) in [6, 6.07) is 3.72. The number of halogens is 1. The van der Waals surface area contributed by atoms with Crippen LogP contribution in [0.25, 0.3) is 0 Å². The topological polar surface area (TPSA) is 80.4 Å². The summed E-state index contributed by atoms with van der Waals surface area (Å²) >= 11 is 3.20. The van der Waals surface area contributed by atoms with E-state index in [0.29, 0.717) is 0 Å². The molecular weight excluding hydrogens is 218 g/mol. The second-order valence-corrected chi connectivity index (χ2v) is 3.41. The number of benzene rings is 1. The Kier molecular flexibility index (Phi) is 2.97. The minimum absolute atomic E-state index is 0.157. The highest BCUT2D eigenvalue weighted by molar-refractivity contribution is 7.79. The molecule has 0 heterocycles. The van der Waals surface area contributed by atoms with Crippen molar-refractivity contribution >= 4 is 28.4 Å². The third-order valence-electron chi connectivity index (χ3n) is 1.33. The van der Waals surface area contributed by atoms with Crippen LogP contribution in [-0.2, 0) is 11.1 Å². The van der Waals surface area contributed by atoms with Gasteiger partial charge >= 0.3 is 0 Å². The van der Waals surface area contributed by atoms with E-state index >= 15 is 0 Å². The van der Waals surface area contributed by atoms with E-state index in [1.165, 1.54) is 18.2 Å². The van der Waals surface area contributed by atoms with E-state index in [9.17, 15) is 14.3 Å². The van der Waals surface area contributed by atoms with Gasteiger partial charge in [0.25, 0.3) is 5.69 Å². The van der Waals surface area contributed by atoms with Gasteiger partial charge in [0, 0.05) is 6.07 Å². The van der Waals surface area contributed by atoms with E-state index in [1.54, 1.807) is 0 Å². The van der Waals surface area contributed by atoms with Gasteiger partial charge in [-0.1, -0.05) is 17.7 Å². The maximum atomic E-state index is 10.6. The van der Waals surface area contributed by atoms with Gasteiger partial charge in [0.1, 0.15) is 5.02 Å². The molecule has 0 aliphatic heterocycles. The van der Waals surface area contributed by atoms with Crippen molar-refractivity contribution in [2.45, 2.75) is 4.90 Å². The van der Waals surface area contributed by atoms with Gasteiger partial charge in [-0.05, 0) is 6.07 Å². The zero-order chi connectivity index (χ0) is 10.0. The first-order valence-electron chi connectivity index (χ1n) is 3.08. The van der Waals surface area contributed by atoms with Gasteiger partial charge in [0.2, 0.25) is 0 Å². The fourth-order valence-electron chi connectivity index (χ4n) is 0.775. The summed E-state index contributed by atoms with van der Waals surface area (Å²) in [4.78, 5) is 9.47. The number of hydrogen-bond acceptors (Lipinski definition) is 3. The summed E-state index contributed by atoms with van der Waals surface area (Å²) in [5.41, 5.74) is -0.374. The van der Waals surface area contributed by atoms with Gasteiger partial charge in [-0.3, -0.25) is 10.1 Å². The van der Waals surface area contributed by atoms with Crippen molar-refractivity contribution in [2.75, 3.05) is 0 Å². The van der Waals surface area contributed by atoms with Gasteiger partial charge in [0.05, 0.1) is 9.82 Å². The standard InChI is InChI=1S/C6H4ClNO4S/c7-6-4(8(9)10)2-1-3-5(6)13(11)12/h1-3H,(H,11,12). The summed E-state index contributed by atoms with van der Waals surface area (Å²) in [7, 11) is 0. The minimum Gasteiger partial charge on any atom is -0.302 e. The first kappa shape index (κ1) is 10.1. The highest BCUT2D eigenvalue weighted by atomic mass is 35.5. The average molecular weight is 222 g/mol. The number of nitrogens with zero attached hydrogens (tertiary/aromatic N) is 1. The summed E-state index contributed by atoms with van der Waals surface area (Å²) in [5.74, 6) is 0. The van der Waals surface area contributed by atoms with Crippen LogP contribution in [0, 0.1) is 10.1 Å². The summed E-state index contributed by atoms with van der Waals surface area (Å²) in [6.45, 7) is 0. The lowest BCUT2D eigenvalue weighted by Gasteiger charge is -1.98. The van der Waals surface area contributed by atoms with E-state index in [2.05, 4.69) is 0 Å². The van der Waals surface area contributed by atoms with Crippen LogP contribution < -0.4 is 0 Å². The predicted molar refractivity (Wildman–Crippen MR) is 47.1 cm³/mol. The Morgan fingerprint density at radius 2 is 2.15 bits per heavy atom. The van der Waals surface area contributed by atoms with E-state index in [-0.39, 0.29) is 15.6 Å². The van der Waals surface area contributed by atoms with E-state index in [1.807, 2.05) is 0 Å². The third kappa shape index (κ3) is 2.03. The Hall–Kier alpha value is -0.980. The van der Waals surface area contributed by atoms with Crippen molar-refractivity contribution in [3.63, 3.8) is 0 Å². The van der Waals surface area contributed by atoms with Crippen LogP contribution in [0.1, 0.15) is 0 Å². The molecule has 7 heteroatoms. The molecular formula is C6H4ClNO4S. The van der Waals surface area contributed by atoms with Crippen LogP contribution >= 0.6 is 11.6 Å². The summed E-state index contributed by atoms with van der Waals surface area (Å²) in [5, 5.41) is 10.0. The molecule has 70 valence electrons. The SMILES string of the molecule is O=[N+]([O-])c1cccc(S(=O)O)c1Cl. The molecule has 1 rings (SSSR count). The second-order valence-electron chi connectivity index (χ2n) is 2.10. The van der Waals surface area contributed by atoms with Crippen LogP contribution in [0.5, 0.6) is 0 Å². The molecule has 0 aliphatic carbocycles. The van der Waals surface area contributed by atoms with E-state index < -0.39 is 16.0 Å². The number of nitro benzene ring substituents is 1. The molecule has 0 amide bonds. The van der Waals surface area contributed by atoms with Crippen LogP contribution in [-0.4, -0.2) is 13.7 Å². The lowest BCUT2D eigenvalue weighted by Crippen LogP contribution is -1.94. The van der Waals surface area contributed by atoms with Crippen LogP contribution in [0.15, 0.2) is 23.1 Å². The van der Waals surface area contributed by atoms with Gasteiger partial charge in [0.15, 0.2) is 11.1 Å². The Morgan fingerprint density at radius 1 is 1.54 bits per heavy atom. The number of hydrogen-bond donors (Lipinski definition) is 1. The average Bonchev–Trinajstić information content (AvgIpc) is 2.03. The molecule has 0 radical (unpaired) electrons. The molecule has 0 aromatic heterocycles. The Labute approximate surface area is 80.8 Å². The van der Waals surface area contributed by atoms with E-state index in [4.69, 9.17) is 16.2 Å². The fraction of sp³-hybridized carbons (Fsp3) is 0. The molecule has 0 saturated carbocycles. The molecule has 0 saturated heterocycles. The Morgan fingerprint density at radius 3 is 2.62 bits per heavy atom. The van der Waals surface area contributed by atoms with Gasteiger partial charge in [-0.2, -0.15) is 0 Å². The molecule has 1 N–H and O–H groups in total. The number of rotatable bonds is 2. The Bertz CT molecular complexity index is 349. The molecule has 1 unspecified atom stereocenters. The van der Waals surface area contributed by atoms with Crippen molar-refractivity contribution in [1.29, 1.82) is 0 Å². The Balaban J connectivity index is 3.35. The lowest BCUT2D eigenvalue weighted by atomic mass is 10.3. The minimum atomic E-state index is -2.30. The molecule has 0 spiro atoms. The van der Waals surface area contributed by atoms with Gasteiger partial charge in [-0.25, -0.2) is 4.21 Å². The molecule has 1 aromatic carbocycles. The third-order valence-corrected chi connectivity index (χ3v) is 2.55. The largest absolute Gasteiger partial charge is 0.302 e. The molecule has 0 aliphatic rings. The first-order chi connectivity index (χ1) is 6.04. The predicted octanol–water partition coefficient (Wildman–Crippen LogP) is 1.83. The lowest BCUT2D eigenvalue weighted by molar-refractivity contribution is -0.384. The highest BCUT2D eigenvalue weighted by Crippen LogP contribution is 2.29. The quantitative estimate of drug-likeness (QED) is 0.469. The summed E-state index contributed by atoms with van der Waals surface area (Å²) in [6.07, 6.45) is 0. The monoisotopic (exact) mass is 221 g/mol. The molecule has 0 bridgehead atoms. The van der Waals surface area contributed by atoms with Gasteiger partial charge < -0.3 is 4.55 Å². The van der Waals surface area contributed by atoms with Crippen LogP contribution in [0.3, 0.4) is 0 Å². The maximum absolute atomic E-state index is 10.6. The smallest absolute Gasteiger partial charge is 0.289 e. The first-order valence-corrected chi connectivity index (χ1v) is 4.56. The van der Waals surface area contributed by atoms with E-state index in [0.717, 1.165) is 0 Å². The molecule has 5 nitrogen and oxygen atoms in total. The molecule has 0 fully saturated rings.